The molecule has 9 nitrogen and oxygen atoms in total. The van der Waals surface area contributed by atoms with Gasteiger partial charge in [0.05, 0.1) is 17.4 Å². The molecule has 0 fully saturated rings. The second-order valence-corrected chi connectivity index (χ2v) is 8.60. The Labute approximate surface area is 214 Å². The van der Waals surface area contributed by atoms with Gasteiger partial charge in [-0.25, -0.2) is 9.07 Å². The lowest BCUT2D eigenvalue weighted by atomic mass is 10.0. The lowest BCUT2D eigenvalue weighted by Crippen LogP contribution is -2.32. The maximum atomic E-state index is 14.1. The molecule has 2 amide bonds. The smallest absolute Gasteiger partial charge is 0.251 e. The highest BCUT2D eigenvalue weighted by molar-refractivity contribution is 6.31. The van der Waals surface area contributed by atoms with Gasteiger partial charge in [0, 0.05) is 28.5 Å². The molecule has 4 aromatic rings. The zero-order valence-corrected chi connectivity index (χ0v) is 20.3. The Morgan fingerprint density at radius 1 is 1.14 bits per heavy atom. The van der Waals surface area contributed by atoms with Crippen molar-refractivity contribution in [3.05, 3.63) is 92.8 Å². The van der Waals surface area contributed by atoms with Crippen LogP contribution in [-0.4, -0.2) is 31.4 Å². The van der Waals surface area contributed by atoms with E-state index in [1.807, 2.05) is 0 Å². The summed E-state index contributed by atoms with van der Waals surface area (Å²) in [6.07, 6.45) is 3.31. The minimum atomic E-state index is -0.918. The third kappa shape index (κ3) is 5.14. The quantitative estimate of drug-likeness (QED) is 0.371. The highest BCUT2D eigenvalue weighted by Gasteiger charge is 2.21. The molecule has 0 saturated heterocycles. The minimum Gasteiger partial charge on any atom is -0.366 e. The summed E-state index contributed by atoms with van der Waals surface area (Å²) in [7, 11) is 0. The SMILES string of the molecule is CC[C@@H](C(=O)Nc1ccc(C(N)=O)c(F)c1)n1ccc(-c2cc(Cl)ccc2-n2cc(Cl)nn2)cc1=O. The molecule has 0 aliphatic carbocycles. The zero-order chi connectivity index (χ0) is 26.0. The van der Waals surface area contributed by atoms with Gasteiger partial charge < -0.3 is 15.6 Å². The van der Waals surface area contributed by atoms with Crippen LogP contribution in [0.3, 0.4) is 0 Å². The molecule has 3 N–H and O–H groups in total. The number of amides is 2. The number of carbonyl (C=O) groups excluding carboxylic acids is 2. The lowest BCUT2D eigenvalue weighted by Gasteiger charge is -2.19. The average molecular weight is 529 g/mol. The van der Waals surface area contributed by atoms with Crippen LogP contribution < -0.4 is 16.6 Å². The van der Waals surface area contributed by atoms with E-state index in [2.05, 4.69) is 15.6 Å². The summed E-state index contributed by atoms with van der Waals surface area (Å²) in [6.45, 7) is 1.74. The molecule has 0 unspecified atom stereocenters. The highest BCUT2D eigenvalue weighted by atomic mass is 35.5. The topological polar surface area (TPSA) is 125 Å². The monoisotopic (exact) mass is 528 g/mol. The van der Waals surface area contributed by atoms with Crippen molar-refractivity contribution in [2.24, 2.45) is 5.73 Å². The van der Waals surface area contributed by atoms with Crippen molar-refractivity contribution in [3.8, 4) is 16.8 Å². The summed E-state index contributed by atoms with van der Waals surface area (Å²) < 4.78 is 16.8. The number of carbonyl (C=O) groups is 2. The van der Waals surface area contributed by atoms with Crippen LogP contribution in [0, 0.1) is 5.82 Å². The molecule has 0 bridgehead atoms. The molecule has 2 heterocycles. The minimum absolute atomic E-state index is 0.126. The third-order valence-electron chi connectivity index (χ3n) is 5.46. The predicted octanol–water partition coefficient (Wildman–Crippen LogP) is 4.23. The summed E-state index contributed by atoms with van der Waals surface area (Å²) in [4.78, 5) is 37.2. The van der Waals surface area contributed by atoms with Crippen LogP contribution in [0.2, 0.25) is 10.2 Å². The van der Waals surface area contributed by atoms with Crippen LogP contribution in [0.15, 0.2) is 65.7 Å². The van der Waals surface area contributed by atoms with Gasteiger partial charge in [-0.05, 0) is 54.4 Å². The number of anilines is 1. The molecule has 0 saturated carbocycles. The maximum Gasteiger partial charge on any atom is 0.251 e. The molecule has 36 heavy (non-hydrogen) atoms. The second-order valence-electron chi connectivity index (χ2n) is 7.78. The summed E-state index contributed by atoms with van der Waals surface area (Å²) in [5.41, 5.74) is 6.25. The zero-order valence-electron chi connectivity index (χ0n) is 18.8. The van der Waals surface area contributed by atoms with Crippen LogP contribution in [0.1, 0.15) is 29.7 Å². The van der Waals surface area contributed by atoms with E-state index in [1.165, 1.54) is 39.8 Å². The van der Waals surface area contributed by atoms with Crippen LogP contribution >= 0.6 is 23.2 Å². The molecule has 184 valence electrons. The van der Waals surface area contributed by atoms with E-state index < -0.39 is 29.2 Å². The van der Waals surface area contributed by atoms with Gasteiger partial charge in [-0.1, -0.05) is 35.3 Å². The van der Waals surface area contributed by atoms with Crippen LogP contribution in [0.5, 0.6) is 0 Å². The number of primary amides is 1. The number of pyridine rings is 1. The number of nitrogens with one attached hydrogen (secondary N) is 1. The van der Waals surface area contributed by atoms with E-state index in [-0.39, 0.29) is 22.8 Å². The van der Waals surface area contributed by atoms with Crippen molar-refractivity contribution in [2.75, 3.05) is 5.32 Å². The largest absolute Gasteiger partial charge is 0.366 e. The van der Waals surface area contributed by atoms with Crippen molar-refractivity contribution in [3.63, 3.8) is 0 Å². The number of hydrogen-bond acceptors (Lipinski definition) is 5. The first kappa shape index (κ1) is 25.1. The Kier molecular flexibility index (Phi) is 7.18. The lowest BCUT2D eigenvalue weighted by molar-refractivity contribution is -0.119. The van der Waals surface area contributed by atoms with Crippen molar-refractivity contribution in [1.82, 2.24) is 19.6 Å². The van der Waals surface area contributed by atoms with Gasteiger partial charge in [0.15, 0.2) is 5.15 Å². The molecule has 1 atom stereocenters. The van der Waals surface area contributed by atoms with Gasteiger partial charge in [0.1, 0.15) is 11.9 Å². The number of nitrogens with two attached hydrogens (primary N) is 1. The highest BCUT2D eigenvalue weighted by Crippen LogP contribution is 2.29. The second kappa shape index (κ2) is 10.3. The Morgan fingerprint density at radius 3 is 2.53 bits per heavy atom. The van der Waals surface area contributed by atoms with E-state index in [9.17, 15) is 18.8 Å². The summed E-state index contributed by atoms with van der Waals surface area (Å²) in [5, 5.41) is 11.0. The van der Waals surface area contributed by atoms with Gasteiger partial charge >= 0.3 is 0 Å². The molecule has 0 spiro atoms. The van der Waals surface area contributed by atoms with E-state index >= 15 is 0 Å². The van der Waals surface area contributed by atoms with Crippen LogP contribution in [0.4, 0.5) is 10.1 Å². The van der Waals surface area contributed by atoms with Crippen molar-refractivity contribution in [1.29, 1.82) is 0 Å². The maximum absolute atomic E-state index is 14.1. The molecular weight excluding hydrogens is 510 g/mol. The van der Waals surface area contributed by atoms with Gasteiger partial charge in [-0.3, -0.25) is 14.4 Å². The van der Waals surface area contributed by atoms with Crippen LogP contribution in [-0.2, 0) is 4.79 Å². The van der Waals surface area contributed by atoms with Gasteiger partial charge in [-0.15, -0.1) is 5.10 Å². The first-order chi connectivity index (χ1) is 17.2. The number of rotatable bonds is 7. The van der Waals surface area contributed by atoms with E-state index in [0.717, 1.165) is 6.07 Å². The van der Waals surface area contributed by atoms with Crippen molar-refractivity contribution < 1.29 is 14.0 Å². The fourth-order valence-electron chi connectivity index (χ4n) is 3.74. The standard InChI is InChI=1S/C24H19Cl2FN6O3/c1-2-19(24(36)29-15-4-5-16(23(28)35)18(27)11-15)32-8-7-13(9-22(32)34)17-10-14(25)3-6-20(17)33-12-21(26)30-31-33/h3-12,19H,2H2,1H3,(H2,28,35)(H,29,36)/t19-/m0/s1. The molecule has 0 radical (unpaired) electrons. The number of halogens is 3. The third-order valence-corrected chi connectivity index (χ3v) is 5.87. The Morgan fingerprint density at radius 2 is 1.92 bits per heavy atom. The summed E-state index contributed by atoms with van der Waals surface area (Å²) >= 11 is 12.1. The van der Waals surface area contributed by atoms with E-state index in [1.54, 1.807) is 31.2 Å². The number of aromatic nitrogens is 4. The molecule has 12 heteroatoms. The number of benzene rings is 2. The normalized spacial score (nSPS) is 11.8. The molecule has 0 aliphatic rings. The van der Waals surface area contributed by atoms with Crippen molar-refractivity contribution in [2.45, 2.75) is 19.4 Å². The number of nitrogens with zero attached hydrogens (tertiary/aromatic N) is 4. The van der Waals surface area contributed by atoms with Gasteiger partial charge in [0.25, 0.3) is 11.5 Å². The molecular formula is C24H19Cl2FN6O3. The first-order valence-corrected chi connectivity index (χ1v) is 11.4. The fourth-order valence-corrected chi connectivity index (χ4v) is 4.04. The Hall–Kier alpha value is -4.02. The predicted molar refractivity (Wildman–Crippen MR) is 134 cm³/mol. The molecule has 2 aromatic heterocycles. The van der Waals surface area contributed by atoms with E-state index in [0.29, 0.717) is 21.8 Å². The van der Waals surface area contributed by atoms with Crippen LogP contribution in [0.25, 0.3) is 16.8 Å². The number of hydrogen-bond donors (Lipinski definition) is 2. The average Bonchev–Trinajstić information content (AvgIpc) is 3.26. The summed E-state index contributed by atoms with van der Waals surface area (Å²) in [5.74, 6) is -2.31. The summed E-state index contributed by atoms with van der Waals surface area (Å²) in [6, 6.07) is 10.8. The first-order valence-electron chi connectivity index (χ1n) is 10.7. The molecule has 4 rings (SSSR count). The Bertz CT molecular complexity index is 1530. The van der Waals surface area contributed by atoms with Crippen molar-refractivity contribution >= 4 is 40.7 Å². The molecule has 0 aliphatic heterocycles. The fraction of sp³-hybridized carbons (Fsp3) is 0.125. The van der Waals surface area contributed by atoms with E-state index in [4.69, 9.17) is 28.9 Å². The van der Waals surface area contributed by atoms with Gasteiger partial charge in [-0.2, -0.15) is 0 Å². The van der Waals surface area contributed by atoms with Gasteiger partial charge in [0.2, 0.25) is 5.91 Å². The Balaban J connectivity index is 1.64. The molecule has 2 aromatic carbocycles.